The van der Waals surface area contributed by atoms with Crippen molar-refractivity contribution in [3.8, 4) is 17.0 Å². The molecule has 0 fully saturated rings. The Morgan fingerprint density at radius 1 is 1.33 bits per heavy atom. The highest BCUT2D eigenvalue weighted by molar-refractivity contribution is 5.61. The van der Waals surface area contributed by atoms with Crippen molar-refractivity contribution in [2.75, 3.05) is 7.11 Å². The van der Waals surface area contributed by atoms with Crippen molar-refractivity contribution >= 4 is 0 Å². The van der Waals surface area contributed by atoms with E-state index in [1.807, 2.05) is 25.1 Å². The highest BCUT2D eigenvalue weighted by Gasteiger charge is 2.20. The number of aliphatic hydroxyl groups is 1. The van der Waals surface area contributed by atoms with Crippen molar-refractivity contribution in [3.05, 3.63) is 35.8 Å². The van der Waals surface area contributed by atoms with Gasteiger partial charge in [-0.25, -0.2) is 4.98 Å². The van der Waals surface area contributed by atoms with E-state index in [9.17, 15) is 5.11 Å². The smallest absolute Gasteiger partial charge is 0.138 e. The number of benzene rings is 1. The van der Waals surface area contributed by atoms with Gasteiger partial charge in [0, 0.05) is 5.56 Å². The molecule has 0 amide bonds. The minimum absolute atomic E-state index is 0.561. The molecule has 0 unspecified atom stereocenters. The van der Waals surface area contributed by atoms with Gasteiger partial charge >= 0.3 is 0 Å². The van der Waals surface area contributed by atoms with E-state index in [0.717, 1.165) is 22.6 Å². The summed E-state index contributed by atoms with van der Waals surface area (Å²) < 4.78 is 5.23. The van der Waals surface area contributed by atoms with E-state index < -0.39 is 5.60 Å². The molecule has 0 radical (unpaired) electrons. The lowest BCUT2D eigenvalue weighted by atomic mass is 10.1. The van der Waals surface area contributed by atoms with E-state index in [2.05, 4.69) is 9.97 Å². The minimum atomic E-state index is -0.959. The molecule has 1 aromatic heterocycles. The Hall–Kier alpha value is -1.81. The van der Waals surface area contributed by atoms with Crippen molar-refractivity contribution in [3.63, 3.8) is 0 Å². The van der Waals surface area contributed by atoms with Gasteiger partial charge in [0.15, 0.2) is 0 Å². The number of imidazole rings is 1. The Kier molecular flexibility index (Phi) is 3.13. The summed E-state index contributed by atoms with van der Waals surface area (Å²) in [4.78, 5) is 7.33. The largest absolute Gasteiger partial charge is 0.496 e. The number of nitrogens with one attached hydrogen (secondary N) is 1. The SMILES string of the molecule is COc1ccc(-c2cnc(C(C)(C)O)[nH]2)cc1C. The number of H-pyrrole nitrogens is 1. The van der Waals surface area contributed by atoms with Gasteiger partial charge in [0.05, 0.1) is 19.0 Å². The Bertz CT molecular complexity index is 553. The molecule has 0 atom stereocenters. The first-order valence-electron chi connectivity index (χ1n) is 5.84. The van der Waals surface area contributed by atoms with Crippen LogP contribution in [0.25, 0.3) is 11.3 Å². The molecule has 96 valence electrons. The molecular formula is C14H18N2O2. The molecule has 0 spiro atoms. The maximum Gasteiger partial charge on any atom is 0.138 e. The van der Waals surface area contributed by atoms with E-state index in [4.69, 9.17) is 4.74 Å². The van der Waals surface area contributed by atoms with Crippen molar-refractivity contribution < 1.29 is 9.84 Å². The molecule has 4 nitrogen and oxygen atoms in total. The van der Waals surface area contributed by atoms with Gasteiger partial charge in [0.2, 0.25) is 0 Å². The zero-order valence-corrected chi connectivity index (χ0v) is 11.1. The molecule has 2 rings (SSSR count). The second kappa shape index (κ2) is 4.46. The standard InChI is InChI=1S/C14H18N2O2/c1-9-7-10(5-6-12(9)18-4)11-8-15-13(16-11)14(2,3)17/h5-8,17H,1-4H3,(H,15,16). The summed E-state index contributed by atoms with van der Waals surface area (Å²) in [6.45, 7) is 5.40. The molecular weight excluding hydrogens is 228 g/mol. The van der Waals surface area contributed by atoms with Crippen LogP contribution in [0.2, 0.25) is 0 Å². The topological polar surface area (TPSA) is 58.1 Å². The maximum absolute atomic E-state index is 9.87. The Balaban J connectivity index is 2.38. The second-order valence-corrected chi connectivity index (χ2v) is 4.89. The number of hydrogen-bond donors (Lipinski definition) is 2. The molecule has 0 aliphatic heterocycles. The number of aryl methyl sites for hydroxylation is 1. The van der Waals surface area contributed by atoms with Crippen LogP contribution in [-0.4, -0.2) is 22.2 Å². The van der Waals surface area contributed by atoms with Crippen molar-refractivity contribution in [1.82, 2.24) is 9.97 Å². The van der Waals surface area contributed by atoms with Gasteiger partial charge in [0.25, 0.3) is 0 Å². The van der Waals surface area contributed by atoms with Crippen LogP contribution in [0.3, 0.4) is 0 Å². The lowest BCUT2D eigenvalue weighted by Gasteiger charge is -2.13. The average molecular weight is 246 g/mol. The molecule has 0 aliphatic rings. The maximum atomic E-state index is 9.87. The van der Waals surface area contributed by atoms with E-state index >= 15 is 0 Å². The molecule has 1 heterocycles. The number of hydrogen-bond acceptors (Lipinski definition) is 3. The van der Waals surface area contributed by atoms with Crippen molar-refractivity contribution in [2.24, 2.45) is 0 Å². The highest BCUT2D eigenvalue weighted by atomic mass is 16.5. The van der Waals surface area contributed by atoms with Crippen molar-refractivity contribution in [1.29, 1.82) is 0 Å². The fourth-order valence-electron chi connectivity index (χ4n) is 1.82. The first-order chi connectivity index (χ1) is 8.41. The van der Waals surface area contributed by atoms with E-state index in [1.54, 1.807) is 27.2 Å². The van der Waals surface area contributed by atoms with Crippen LogP contribution >= 0.6 is 0 Å². The Morgan fingerprint density at radius 3 is 2.56 bits per heavy atom. The molecule has 2 aromatic rings. The molecule has 18 heavy (non-hydrogen) atoms. The molecule has 1 aromatic carbocycles. The number of methoxy groups -OCH3 is 1. The van der Waals surface area contributed by atoms with Gasteiger partial charge in [-0.1, -0.05) is 0 Å². The predicted octanol–water partition coefficient (Wildman–Crippen LogP) is 2.62. The van der Waals surface area contributed by atoms with E-state index in [1.165, 1.54) is 0 Å². The molecule has 0 bridgehead atoms. The Labute approximate surface area is 107 Å². The number of aromatic amines is 1. The molecule has 0 saturated carbocycles. The van der Waals surface area contributed by atoms with Crippen LogP contribution in [-0.2, 0) is 5.60 Å². The van der Waals surface area contributed by atoms with Crippen LogP contribution in [0.15, 0.2) is 24.4 Å². The quantitative estimate of drug-likeness (QED) is 0.875. The zero-order chi connectivity index (χ0) is 13.3. The van der Waals surface area contributed by atoms with Crippen LogP contribution < -0.4 is 4.74 Å². The molecule has 0 saturated heterocycles. The summed E-state index contributed by atoms with van der Waals surface area (Å²) in [6.07, 6.45) is 1.73. The minimum Gasteiger partial charge on any atom is -0.496 e. The van der Waals surface area contributed by atoms with Crippen LogP contribution in [0.4, 0.5) is 0 Å². The summed E-state index contributed by atoms with van der Waals surface area (Å²) in [6, 6.07) is 5.92. The molecule has 2 N–H and O–H groups in total. The van der Waals surface area contributed by atoms with Gasteiger partial charge in [-0.15, -0.1) is 0 Å². The zero-order valence-electron chi connectivity index (χ0n) is 11.1. The number of ether oxygens (including phenoxy) is 1. The number of rotatable bonds is 3. The molecule has 4 heteroatoms. The lowest BCUT2D eigenvalue weighted by molar-refractivity contribution is 0.0697. The van der Waals surface area contributed by atoms with E-state index in [-0.39, 0.29) is 0 Å². The third-order valence-electron chi connectivity index (χ3n) is 2.86. The highest BCUT2D eigenvalue weighted by Crippen LogP contribution is 2.26. The normalized spacial score (nSPS) is 11.6. The van der Waals surface area contributed by atoms with Gasteiger partial charge in [-0.05, 0) is 44.5 Å². The summed E-state index contributed by atoms with van der Waals surface area (Å²) in [5.41, 5.74) is 2.02. The number of aromatic nitrogens is 2. The first-order valence-corrected chi connectivity index (χ1v) is 5.84. The fraction of sp³-hybridized carbons (Fsp3) is 0.357. The van der Waals surface area contributed by atoms with Crippen molar-refractivity contribution in [2.45, 2.75) is 26.4 Å². The second-order valence-electron chi connectivity index (χ2n) is 4.89. The third-order valence-corrected chi connectivity index (χ3v) is 2.86. The monoisotopic (exact) mass is 246 g/mol. The fourth-order valence-corrected chi connectivity index (χ4v) is 1.82. The van der Waals surface area contributed by atoms with Gasteiger partial charge in [0.1, 0.15) is 17.2 Å². The predicted molar refractivity (Wildman–Crippen MR) is 70.6 cm³/mol. The van der Waals surface area contributed by atoms with Crippen LogP contribution in [0.5, 0.6) is 5.75 Å². The summed E-state index contributed by atoms with van der Waals surface area (Å²) in [5, 5.41) is 9.87. The summed E-state index contributed by atoms with van der Waals surface area (Å²) in [7, 11) is 1.66. The summed E-state index contributed by atoms with van der Waals surface area (Å²) >= 11 is 0. The summed E-state index contributed by atoms with van der Waals surface area (Å²) in [5.74, 6) is 1.42. The third kappa shape index (κ3) is 2.38. The molecule has 0 aliphatic carbocycles. The van der Waals surface area contributed by atoms with E-state index in [0.29, 0.717) is 5.82 Å². The van der Waals surface area contributed by atoms with Crippen LogP contribution in [0, 0.1) is 6.92 Å². The number of nitrogens with zero attached hydrogens (tertiary/aromatic N) is 1. The lowest BCUT2D eigenvalue weighted by Crippen LogP contribution is -2.17. The van der Waals surface area contributed by atoms with Gasteiger partial charge in [-0.2, -0.15) is 0 Å². The van der Waals surface area contributed by atoms with Gasteiger partial charge in [-0.3, -0.25) is 0 Å². The first kappa shape index (κ1) is 12.6. The Morgan fingerprint density at radius 2 is 2.06 bits per heavy atom. The average Bonchev–Trinajstić information content (AvgIpc) is 2.77. The van der Waals surface area contributed by atoms with Gasteiger partial charge < -0.3 is 14.8 Å². The van der Waals surface area contributed by atoms with Crippen LogP contribution in [0.1, 0.15) is 25.2 Å².